The van der Waals surface area contributed by atoms with Crippen LogP contribution in [0.1, 0.15) is 11.1 Å². The van der Waals surface area contributed by atoms with E-state index in [1.807, 2.05) is 30.3 Å². The highest BCUT2D eigenvalue weighted by Crippen LogP contribution is 2.17. The van der Waals surface area contributed by atoms with Gasteiger partial charge in [0, 0.05) is 6.54 Å². The van der Waals surface area contributed by atoms with Crippen molar-refractivity contribution in [3.05, 3.63) is 71.5 Å². The molecule has 130 valence electrons. The van der Waals surface area contributed by atoms with E-state index in [0.29, 0.717) is 13.0 Å². The molecule has 0 unspecified atom stereocenters. The molecule has 2 aromatic carbocycles. The summed E-state index contributed by atoms with van der Waals surface area (Å²) in [5.41, 5.74) is 1.87. The Labute approximate surface area is 145 Å². The monoisotopic (exact) mass is 342 g/mol. The molecule has 1 atom stereocenters. The lowest BCUT2D eigenvalue weighted by molar-refractivity contribution is -0.124. The van der Waals surface area contributed by atoms with E-state index in [2.05, 4.69) is 5.32 Å². The molecule has 0 spiro atoms. The highest BCUT2D eigenvalue weighted by Gasteiger charge is 2.37. The first-order valence-electron chi connectivity index (χ1n) is 8.13. The van der Waals surface area contributed by atoms with Gasteiger partial charge in [0.05, 0.1) is 6.54 Å². The molecule has 1 aliphatic heterocycles. The summed E-state index contributed by atoms with van der Waals surface area (Å²) in [5, 5.41) is 2.85. The van der Waals surface area contributed by atoms with E-state index in [1.54, 1.807) is 12.1 Å². The Morgan fingerprint density at radius 1 is 1.12 bits per heavy atom. The number of benzene rings is 2. The summed E-state index contributed by atoms with van der Waals surface area (Å²) in [5.74, 6) is -0.591. The minimum absolute atomic E-state index is 0.0250. The lowest BCUT2D eigenvalue weighted by Gasteiger charge is -2.20. The van der Waals surface area contributed by atoms with E-state index >= 15 is 0 Å². The van der Waals surface area contributed by atoms with Crippen LogP contribution >= 0.6 is 0 Å². The van der Waals surface area contributed by atoms with Crippen molar-refractivity contribution in [3.8, 4) is 0 Å². The van der Waals surface area contributed by atoms with Gasteiger partial charge in [-0.3, -0.25) is 9.69 Å². The normalized spacial score (nSPS) is 16.6. The SMILES string of the molecule is O=C(NCCc1ccccc1)[C@@H]1COC(=O)N1Cc1ccc(F)cc1. The minimum Gasteiger partial charge on any atom is -0.447 e. The van der Waals surface area contributed by atoms with Crippen molar-refractivity contribution in [2.75, 3.05) is 13.2 Å². The molecule has 1 fully saturated rings. The quantitative estimate of drug-likeness (QED) is 0.877. The number of carbonyl (C=O) groups excluding carboxylic acids is 2. The van der Waals surface area contributed by atoms with E-state index in [1.165, 1.54) is 17.0 Å². The fraction of sp³-hybridized carbons (Fsp3) is 0.263. The number of ether oxygens (including phenoxy) is 1. The Hall–Kier alpha value is -2.89. The summed E-state index contributed by atoms with van der Waals surface area (Å²) >= 11 is 0. The van der Waals surface area contributed by atoms with Gasteiger partial charge < -0.3 is 10.1 Å². The summed E-state index contributed by atoms with van der Waals surface area (Å²) in [6.07, 6.45) is 0.180. The molecule has 1 heterocycles. The molecule has 0 radical (unpaired) electrons. The van der Waals surface area contributed by atoms with Crippen LogP contribution in [-0.2, 0) is 22.5 Å². The smallest absolute Gasteiger partial charge is 0.410 e. The molecule has 0 aliphatic carbocycles. The van der Waals surface area contributed by atoms with Crippen molar-refractivity contribution in [1.29, 1.82) is 0 Å². The number of nitrogens with zero attached hydrogens (tertiary/aromatic N) is 1. The van der Waals surface area contributed by atoms with Crippen LogP contribution in [-0.4, -0.2) is 36.1 Å². The zero-order valence-corrected chi connectivity index (χ0v) is 13.7. The molecule has 0 bridgehead atoms. The van der Waals surface area contributed by atoms with Gasteiger partial charge in [-0.25, -0.2) is 9.18 Å². The van der Waals surface area contributed by atoms with Crippen LogP contribution in [0.3, 0.4) is 0 Å². The first-order chi connectivity index (χ1) is 12.1. The molecule has 0 aromatic heterocycles. The minimum atomic E-state index is -0.673. The molecular weight excluding hydrogens is 323 g/mol. The van der Waals surface area contributed by atoms with Gasteiger partial charge in [0.25, 0.3) is 0 Å². The number of hydrogen-bond acceptors (Lipinski definition) is 3. The van der Waals surface area contributed by atoms with Gasteiger partial charge in [0.15, 0.2) is 0 Å². The zero-order valence-electron chi connectivity index (χ0n) is 13.7. The fourth-order valence-electron chi connectivity index (χ4n) is 2.72. The highest BCUT2D eigenvalue weighted by molar-refractivity contribution is 5.87. The van der Waals surface area contributed by atoms with Crippen LogP contribution < -0.4 is 5.32 Å². The summed E-state index contributed by atoms with van der Waals surface area (Å²) in [4.78, 5) is 25.7. The van der Waals surface area contributed by atoms with Crippen LogP contribution in [0.15, 0.2) is 54.6 Å². The van der Waals surface area contributed by atoms with Gasteiger partial charge in [-0.1, -0.05) is 42.5 Å². The summed E-state index contributed by atoms with van der Waals surface area (Å²) in [6, 6.07) is 15.0. The molecule has 2 amide bonds. The molecule has 3 rings (SSSR count). The van der Waals surface area contributed by atoms with Crippen LogP contribution in [0.5, 0.6) is 0 Å². The predicted molar refractivity (Wildman–Crippen MR) is 90.2 cm³/mol. The Balaban J connectivity index is 1.56. The second kappa shape index (κ2) is 7.79. The van der Waals surface area contributed by atoms with Gasteiger partial charge in [0.1, 0.15) is 18.5 Å². The van der Waals surface area contributed by atoms with Crippen molar-refractivity contribution in [1.82, 2.24) is 10.2 Å². The van der Waals surface area contributed by atoms with Gasteiger partial charge in [-0.2, -0.15) is 0 Å². The first-order valence-corrected chi connectivity index (χ1v) is 8.13. The van der Waals surface area contributed by atoms with Crippen LogP contribution in [0.2, 0.25) is 0 Å². The molecule has 2 aromatic rings. The van der Waals surface area contributed by atoms with Gasteiger partial charge in [0.2, 0.25) is 5.91 Å². The Morgan fingerprint density at radius 2 is 1.84 bits per heavy atom. The first kappa shape index (κ1) is 17.0. The third-order valence-electron chi connectivity index (χ3n) is 4.10. The third kappa shape index (κ3) is 4.35. The average Bonchev–Trinajstić information content (AvgIpc) is 2.98. The number of cyclic esters (lactones) is 1. The van der Waals surface area contributed by atoms with E-state index < -0.39 is 12.1 Å². The standard InChI is InChI=1S/C19H19FN2O3/c20-16-8-6-15(7-9-16)12-22-17(13-25-19(22)24)18(23)21-11-10-14-4-2-1-3-5-14/h1-9,17H,10-13H2,(H,21,23)/t17-/m0/s1. The largest absolute Gasteiger partial charge is 0.447 e. The van der Waals surface area contributed by atoms with E-state index in [-0.39, 0.29) is 24.9 Å². The molecule has 1 N–H and O–H groups in total. The van der Waals surface area contributed by atoms with Crippen molar-refractivity contribution < 1.29 is 18.7 Å². The predicted octanol–water partition coefficient (Wildman–Crippen LogP) is 2.51. The molecule has 1 saturated heterocycles. The van der Waals surface area contributed by atoms with Crippen molar-refractivity contribution >= 4 is 12.0 Å². The van der Waals surface area contributed by atoms with E-state index in [0.717, 1.165) is 11.1 Å². The van der Waals surface area contributed by atoms with E-state index in [4.69, 9.17) is 4.74 Å². The molecule has 1 aliphatic rings. The van der Waals surface area contributed by atoms with Crippen LogP contribution in [0.4, 0.5) is 9.18 Å². The second-order valence-electron chi connectivity index (χ2n) is 5.87. The van der Waals surface area contributed by atoms with Gasteiger partial charge in [-0.15, -0.1) is 0 Å². The van der Waals surface area contributed by atoms with Crippen molar-refractivity contribution in [2.45, 2.75) is 19.0 Å². The average molecular weight is 342 g/mol. The second-order valence-corrected chi connectivity index (χ2v) is 5.87. The Bertz CT molecular complexity index is 734. The third-order valence-corrected chi connectivity index (χ3v) is 4.10. The van der Waals surface area contributed by atoms with Crippen molar-refractivity contribution in [2.24, 2.45) is 0 Å². The Kier molecular flexibility index (Phi) is 5.28. The van der Waals surface area contributed by atoms with Crippen LogP contribution in [0.25, 0.3) is 0 Å². The maximum absolute atomic E-state index is 13.0. The fourth-order valence-corrected chi connectivity index (χ4v) is 2.72. The van der Waals surface area contributed by atoms with E-state index in [9.17, 15) is 14.0 Å². The molecule has 5 nitrogen and oxygen atoms in total. The number of nitrogens with one attached hydrogen (secondary N) is 1. The molecule has 25 heavy (non-hydrogen) atoms. The number of amides is 2. The maximum atomic E-state index is 13.0. The van der Waals surface area contributed by atoms with Gasteiger partial charge in [-0.05, 0) is 29.7 Å². The summed E-state index contributed by atoms with van der Waals surface area (Å²) < 4.78 is 18.0. The lowest BCUT2D eigenvalue weighted by Crippen LogP contribution is -2.45. The van der Waals surface area contributed by atoms with Gasteiger partial charge >= 0.3 is 6.09 Å². The molecule has 6 heteroatoms. The summed E-state index contributed by atoms with van der Waals surface area (Å²) in [6.45, 7) is 0.713. The van der Waals surface area contributed by atoms with Crippen LogP contribution in [0, 0.1) is 5.82 Å². The zero-order chi connectivity index (χ0) is 17.6. The number of hydrogen-bond donors (Lipinski definition) is 1. The lowest BCUT2D eigenvalue weighted by atomic mass is 10.1. The highest BCUT2D eigenvalue weighted by atomic mass is 19.1. The maximum Gasteiger partial charge on any atom is 0.410 e. The Morgan fingerprint density at radius 3 is 2.56 bits per heavy atom. The van der Waals surface area contributed by atoms with Crippen molar-refractivity contribution in [3.63, 3.8) is 0 Å². The topological polar surface area (TPSA) is 58.6 Å². The number of halogens is 1. The molecule has 0 saturated carbocycles. The number of rotatable bonds is 6. The summed E-state index contributed by atoms with van der Waals surface area (Å²) in [7, 11) is 0. The molecular formula is C19H19FN2O3. The number of carbonyl (C=O) groups is 2.